The van der Waals surface area contributed by atoms with E-state index in [1.807, 2.05) is 0 Å². The summed E-state index contributed by atoms with van der Waals surface area (Å²) < 4.78 is 5.33. The molecule has 0 aromatic carbocycles. The molecular weight excluding hydrogens is 278 g/mol. The minimum absolute atomic E-state index is 0.191. The molecule has 122 valence electrons. The third-order valence-electron chi connectivity index (χ3n) is 3.31. The fourth-order valence-corrected chi connectivity index (χ4v) is 2.11. The van der Waals surface area contributed by atoms with Crippen molar-refractivity contribution < 1.29 is 9.21 Å². The van der Waals surface area contributed by atoms with E-state index in [4.69, 9.17) is 15.9 Å². The smallest absolute Gasteiger partial charge is 0.287 e. The summed E-state index contributed by atoms with van der Waals surface area (Å²) in [4.78, 5) is 11.8. The molecule has 0 fully saturated rings. The van der Waals surface area contributed by atoms with Crippen molar-refractivity contribution in [3.8, 4) is 11.8 Å². The average Bonchev–Trinajstić information content (AvgIpc) is 3.00. The van der Waals surface area contributed by atoms with Gasteiger partial charge in [0, 0.05) is 6.54 Å². The normalized spacial score (nSPS) is 10.1. The lowest BCUT2D eigenvalue weighted by atomic mass is 10.1. The first-order valence-corrected chi connectivity index (χ1v) is 8.05. The molecule has 0 aliphatic carbocycles. The van der Waals surface area contributed by atoms with E-state index in [-0.39, 0.29) is 12.5 Å². The van der Waals surface area contributed by atoms with Crippen molar-refractivity contribution in [3.05, 3.63) is 23.7 Å². The summed E-state index contributed by atoms with van der Waals surface area (Å²) in [5, 5.41) is 2.86. The Bertz CT molecular complexity index is 486. The van der Waals surface area contributed by atoms with Crippen LogP contribution in [-0.2, 0) is 0 Å². The van der Waals surface area contributed by atoms with Gasteiger partial charge in [-0.3, -0.25) is 4.79 Å². The Hall–Kier alpha value is -1.77. The highest BCUT2D eigenvalue weighted by Crippen LogP contribution is 2.08. The van der Waals surface area contributed by atoms with E-state index in [9.17, 15) is 4.79 Å². The number of carbonyl (C=O) groups is 1. The van der Waals surface area contributed by atoms with Gasteiger partial charge in [-0.1, -0.05) is 38.0 Å². The predicted molar refractivity (Wildman–Crippen MR) is 88.3 cm³/mol. The van der Waals surface area contributed by atoms with Gasteiger partial charge in [0.25, 0.3) is 5.91 Å². The van der Waals surface area contributed by atoms with Crippen LogP contribution in [0.25, 0.3) is 0 Å². The molecule has 1 amide bonds. The van der Waals surface area contributed by atoms with Crippen LogP contribution in [0, 0.1) is 11.8 Å². The Morgan fingerprint density at radius 1 is 1.05 bits per heavy atom. The highest BCUT2D eigenvalue weighted by Gasteiger charge is 2.09. The number of unbranched alkanes of at least 4 members (excludes halogenated alkanes) is 6. The standard InChI is InChI=1S/C17H27N3O2/c18-12-6-4-2-1-3-5-7-14-20-17(21)16-11-10-15(22-16)9-8-13-19/h10-11H,1-7,12-14,18-19H2,(H,20,21). The van der Waals surface area contributed by atoms with Gasteiger partial charge >= 0.3 is 0 Å². The summed E-state index contributed by atoms with van der Waals surface area (Å²) in [5.41, 5.74) is 10.7. The van der Waals surface area contributed by atoms with Crippen molar-refractivity contribution >= 4 is 5.91 Å². The number of amides is 1. The minimum Gasteiger partial charge on any atom is -0.443 e. The maximum atomic E-state index is 11.8. The third kappa shape index (κ3) is 7.87. The van der Waals surface area contributed by atoms with Gasteiger partial charge < -0.3 is 21.2 Å². The van der Waals surface area contributed by atoms with Crippen LogP contribution in [0.5, 0.6) is 0 Å². The molecule has 0 unspecified atom stereocenters. The van der Waals surface area contributed by atoms with E-state index in [0.717, 1.165) is 25.8 Å². The topological polar surface area (TPSA) is 94.3 Å². The molecule has 0 aliphatic rings. The van der Waals surface area contributed by atoms with Crippen molar-refractivity contribution in [3.63, 3.8) is 0 Å². The quantitative estimate of drug-likeness (QED) is 0.455. The highest BCUT2D eigenvalue weighted by molar-refractivity contribution is 5.91. The lowest BCUT2D eigenvalue weighted by Gasteiger charge is -2.03. The van der Waals surface area contributed by atoms with E-state index in [0.29, 0.717) is 18.1 Å². The molecule has 5 nitrogen and oxygen atoms in total. The van der Waals surface area contributed by atoms with Crippen LogP contribution in [0.15, 0.2) is 16.5 Å². The van der Waals surface area contributed by atoms with Gasteiger partial charge in [-0.25, -0.2) is 0 Å². The maximum absolute atomic E-state index is 11.8. The van der Waals surface area contributed by atoms with Crippen LogP contribution in [0.2, 0.25) is 0 Å². The molecule has 1 aromatic rings. The molecule has 0 bridgehead atoms. The molecule has 22 heavy (non-hydrogen) atoms. The Labute approximate surface area is 132 Å². The summed E-state index contributed by atoms with van der Waals surface area (Å²) in [6.07, 6.45) is 8.17. The molecule has 5 N–H and O–H groups in total. The van der Waals surface area contributed by atoms with Gasteiger partial charge in [-0.2, -0.15) is 0 Å². The van der Waals surface area contributed by atoms with E-state index in [2.05, 4.69) is 17.2 Å². The summed E-state index contributed by atoms with van der Waals surface area (Å²) in [7, 11) is 0. The van der Waals surface area contributed by atoms with Crippen molar-refractivity contribution in [1.29, 1.82) is 0 Å². The summed E-state index contributed by atoms with van der Waals surface area (Å²) >= 11 is 0. The lowest BCUT2D eigenvalue weighted by molar-refractivity contribution is 0.0924. The Balaban J connectivity index is 2.09. The number of nitrogens with one attached hydrogen (secondary N) is 1. The van der Waals surface area contributed by atoms with Crippen LogP contribution >= 0.6 is 0 Å². The first-order valence-electron chi connectivity index (χ1n) is 8.05. The number of hydrogen-bond donors (Lipinski definition) is 3. The average molecular weight is 305 g/mol. The highest BCUT2D eigenvalue weighted by atomic mass is 16.3. The number of nitrogens with two attached hydrogens (primary N) is 2. The van der Waals surface area contributed by atoms with Crippen molar-refractivity contribution in [2.75, 3.05) is 19.6 Å². The van der Waals surface area contributed by atoms with E-state index >= 15 is 0 Å². The molecule has 0 saturated carbocycles. The van der Waals surface area contributed by atoms with Crippen molar-refractivity contribution in [1.82, 2.24) is 5.32 Å². The predicted octanol–water partition coefficient (Wildman–Crippen LogP) is 2.01. The van der Waals surface area contributed by atoms with E-state index in [1.165, 1.54) is 25.7 Å². The van der Waals surface area contributed by atoms with Crippen LogP contribution in [0.1, 0.15) is 61.3 Å². The number of hydrogen-bond acceptors (Lipinski definition) is 4. The molecule has 0 saturated heterocycles. The van der Waals surface area contributed by atoms with Gasteiger partial charge in [0.1, 0.15) is 0 Å². The Morgan fingerprint density at radius 2 is 1.73 bits per heavy atom. The molecule has 0 aliphatic heterocycles. The fraction of sp³-hybridized carbons (Fsp3) is 0.588. The van der Waals surface area contributed by atoms with Crippen molar-refractivity contribution in [2.24, 2.45) is 11.5 Å². The van der Waals surface area contributed by atoms with Crippen LogP contribution < -0.4 is 16.8 Å². The van der Waals surface area contributed by atoms with Gasteiger partial charge in [-0.05, 0) is 37.4 Å². The molecule has 0 atom stereocenters. The molecule has 1 rings (SSSR count). The first kappa shape index (κ1) is 18.3. The second-order valence-corrected chi connectivity index (χ2v) is 5.19. The van der Waals surface area contributed by atoms with Gasteiger partial charge in [-0.15, -0.1) is 0 Å². The molecule has 0 radical (unpaired) electrons. The number of carbonyl (C=O) groups excluding carboxylic acids is 1. The zero-order valence-corrected chi connectivity index (χ0v) is 13.2. The van der Waals surface area contributed by atoms with Crippen molar-refractivity contribution in [2.45, 2.75) is 44.9 Å². The monoisotopic (exact) mass is 305 g/mol. The second kappa shape index (κ2) is 11.8. The summed E-state index contributed by atoms with van der Waals surface area (Å²) in [6.45, 7) is 1.74. The van der Waals surface area contributed by atoms with Gasteiger partial charge in [0.15, 0.2) is 11.5 Å². The Kier molecular flexibility index (Phi) is 9.84. The van der Waals surface area contributed by atoms with Gasteiger partial charge in [0.2, 0.25) is 0 Å². The van der Waals surface area contributed by atoms with E-state index < -0.39 is 0 Å². The molecule has 1 heterocycles. The zero-order valence-electron chi connectivity index (χ0n) is 13.2. The molecule has 0 spiro atoms. The minimum atomic E-state index is -0.191. The van der Waals surface area contributed by atoms with Crippen LogP contribution in [0.4, 0.5) is 0 Å². The molecule has 1 aromatic heterocycles. The largest absolute Gasteiger partial charge is 0.443 e. The third-order valence-corrected chi connectivity index (χ3v) is 3.31. The molecular formula is C17H27N3O2. The van der Waals surface area contributed by atoms with Gasteiger partial charge in [0.05, 0.1) is 6.54 Å². The van der Waals surface area contributed by atoms with E-state index in [1.54, 1.807) is 12.1 Å². The second-order valence-electron chi connectivity index (χ2n) is 5.19. The zero-order chi connectivity index (χ0) is 16.0. The lowest BCUT2D eigenvalue weighted by Crippen LogP contribution is -2.23. The first-order chi connectivity index (χ1) is 10.8. The molecule has 5 heteroatoms. The Morgan fingerprint density at radius 3 is 2.41 bits per heavy atom. The maximum Gasteiger partial charge on any atom is 0.287 e. The van der Waals surface area contributed by atoms with Crippen LogP contribution in [-0.4, -0.2) is 25.5 Å². The summed E-state index contributed by atoms with van der Waals surface area (Å²) in [6, 6.07) is 3.31. The number of furan rings is 1. The summed E-state index contributed by atoms with van der Waals surface area (Å²) in [5.74, 6) is 6.01. The van der Waals surface area contributed by atoms with Crippen LogP contribution in [0.3, 0.4) is 0 Å². The number of rotatable bonds is 10. The SMILES string of the molecule is NCC#Cc1ccc(C(=O)NCCCCCCCCCN)o1. The fourth-order valence-electron chi connectivity index (χ4n) is 2.11.